The summed E-state index contributed by atoms with van der Waals surface area (Å²) in [5.41, 5.74) is 0.771. The quantitative estimate of drug-likeness (QED) is 0.519. The van der Waals surface area contributed by atoms with Crippen molar-refractivity contribution in [2.45, 2.75) is 6.92 Å². The second-order valence-corrected chi connectivity index (χ2v) is 2.40. The van der Waals surface area contributed by atoms with E-state index in [4.69, 9.17) is 10.4 Å². The molecule has 1 aromatic carbocycles. The van der Waals surface area contributed by atoms with Crippen LogP contribution < -0.4 is 4.89 Å². The number of aromatic carboxylic acids is 1. The van der Waals surface area contributed by atoms with Crippen LogP contribution >= 0.6 is 0 Å². The lowest BCUT2D eigenvalue weighted by Gasteiger charge is -2.02. The first kappa shape index (κ1) is 8.55. The van der Waals surface area contributed by atoms with Crippen molar-refractivity contribution in [3.63, 3.8) is 0 Å². The molecule has 0 aliphatic carbocycles. The average molecular weight is 168 g/mol. The molecule has 0 saturated heterocycles. The third-order valence-corrected chi connectivity index (χ3v) is 1.47. The molecular formula is C8H8O4. The van der Waals surface area contributed by atoms with Crippen LogP contribution in [0.4, 0.5) is 0 Å². The second-order valence-electron chi connectivity index (χ2n) is 2.40. The zero-order valence-electron chi connectivity index (χ0n) is 6.44. The summed E-state index contributed by atoms with van der Waals surface area (Å²) in [6, 6.07) is 4.46. The maximum atomic E-state index is 10.5. The predicted octanol–water partition coefficient (Wildman–Crippen LogP) is 1.55. The SMILES string of the molecule is Cc1ccc(C(=O)O)c(OO)c1. The van der Waals surface area contributed by atoms with Crippen LogP contribution in [0.1, 0.15) is 15.9 Å². The molecular weight excluding hydrogens is 160 g/mol. The zero-order valence-corrected chi connectivity index (χ0v) is 6.44. The minimum atomic E-state index is -1.13. The van der Waals surface area contributed by atoms with Gasteiger partial charge in [0.2, 0.25) is 0 Å². The highest BCUT2D eigenvalue weighted by Crippen LogP contribution is 2.19. The van der Waals surface area contributed by atoms with Gasteiger partial charge in [-0.1, -0.05) is 6.07 Å². The maximum Gasteiger partial charge on any atom is 0.339 e. The fraction of sp³-hybridized carbons (Fsp3) is 0.125. The molecule has 1 aromatic rings. The van der Waals surface area contributed by atoms with E-state index in [9.17, 15) is 4.79 Å². The van der Waals surface area contributed by atoms with Gasteiger partial charge in [0.05, 0.1) is 0 Å². The molecule has 64 valence electrons. The number of benzene rings is 1. The Kier molecular flexibility index (Phi) is 2.30. The number of rotatable bonds is 2. The van der Waals surface area contributed by atoms with Crippen LogP contribution in [0, 0.1) is 6.92 Å². The zero-order chi connectivity index (χ0) is 9.14. The minimum Gasteiger partial charge on any atom is -0.478 e. The van der Waals surface area contributed by atoms with Gasteiger partial charge in [0.1, 0.15) is 5.56 Å². The molecule has 4 nitrogen and oxygen atoms in total. The molecule has 0 aromatic heterocycles. The fourth-order valence-electron chi connectivity index (χ4n) is 0.882. The van der Waals surface area contributed by atoms with Crippen molar-refractivity contribution >= 4 is 5.97 Å². The van der Waals surface area contributed by atoms with Gasteiger partial charge in [-0.25, -0.2) is 10.1 Å². The Labute approximate surface area is 69.0 Å². The van der Waals surface area contributed by atoms with Crippen molar-refractivity contribution < 1.29 is 20.0 Å². The molecule has 0 aliphatic rings. The summed E-state index contributed by atoms with van der Waals surface area (Å²) >= 11 is 0. The molecule has 0 unspecified atom stereocenters. The largest absolute Gasteiger partial charge is 0.478 e. The van der Waals surface area contributed by atoms with Gasteiger partial charge in [-0.3, -0.25) is 0 Å². The van der Waals surface area contributed by atoms with E-state index in [1.165, 1.54) is 12.1 Å². The normalized spacial score (nSPS) is 9.50. The third-order valence-electron chi connectivity index (χ3n) is 1.47. The highest BCUT2D eigenvalue weighted by atomic mass is 17.1. The van der Waals surface area contributed by atoms with E-state index in [1.807, 2.05) is 0 Å². The Morgan fingerprint density at radius 1 is 1.50 bits per heavy atom. The summed E-state index contributed by atoms with van der Waals surface area (Å²) < 4.78 is 0. The van der Waals surface area contributed by atoms with E-state index >= 15 is 0 Å². The first-order valence-electron chi connectivity index (χ1n) is 3.30. The van der Waals surface area contributed by atoms with Crippen LogP contribution in [0.5, 0.6) is 5.75 Å². The molecule has 0 aliphatic heterocycles. The van der Waals surface area contributed by atoms with Gasteiger partial charge in [-0.15, -0.1) is 0 Å². The van der Waals surface area contributed by atoms with Crippen LogP contribution in [-0.4, -0.2) is 16.3 Å². The Morgan fingerprint density at radius 2 is 2.17 bits per heavy atom. The fourth-order valence-corrected chi connectivity index (χ4v) is 0.882. The Morgan fingerprint density at radius 3 is 2.67 bits per heavy atom. The van der Waals surface area contributed by atoms with Gasteiger partial charge in [0, 0.05) is 0 Å². The molecule has 12 heavy (non-hydrogen) atoms. The summed E-state index contributed by atoms with van der Waals surface area (Å²) in [5, 5.41) is 16.9. The molecule has 0 radical (unpaired) electrons. The van der Waals surface area contributed by atoms with Gasteiger partial charge in [-0.05, 0) is 24.6 Å². The van der Waals surface area contributed by atoms with Gasteiger partial charge in [0.15, 0.2) is 5.75 Å². The summed E-state index contributed by atoms with van der Waals surface area (Å²) in [7, 11) is 0. The van der Waals surface area contributed by atoms with Crippen LogP contribution in [0.3, 0.4) is 0 Å². The van der Waals surface area contributed by atoms with Crippen LogP contribution in [0.2, 0.25) is 0 Å². The number of hydrogen-bond acceptors (Lipinski definition) is 3. The monoisotopic (exact) mass is 168 g/mol. The van der Waals surface area contributed by atoms with Crippen LogP contribution in [0.25, 0.3) is 0 Å². The molecule has 0 atom stereocenters. The summed E-state index contributed by atoms with van der Waals surface area (Å²) in [6.07, 6.45) is 0. The first-order valence-corrected chi connectivity index (χ1v) is 3.30. The summed E-state index contributed by atoms with van der Waals surface area (Å²) in [5.74, 6) is -1.17. The number of carbonyl (C=O) groups is 1. The molecule has 0 spiro atoms. The van der Waals surface area contributed by atoms with E-state index < -0.39 is 5.97 Å². The van der Waals surface area contributed by atoms with Crippen molar-refractivity contribution in [1.29, 1.82) is 0 Å². The van der Waals surface area contributed by atoms with Crippen molar-refractivity contribution in [3.8, 4) is 5.75 Å². The van der Waals surface area contributed by atoms with Crippen LogP contribution in [-0.2, 0) is 0 Å². The number of hydrogen-bond donors (Lipinski definition) is 2. The maximum absolute atomic E-state index is 10.5. The highest BCUT2D eigenvalue weighted by Gasteiger charge is 2.10. The van der Waals surface area contributed by atoms with Gasteiger partial charge < -0.3 is 9.99 Å². The Hall–Kier alpha value is -1.55. The van der Waals surface area contributed by atoms with Crippen LogP contribution in [0.15, 0.2) is 18.2 Å². The molecule has 0 amide bonds. The summed E-state index contributed by atoms with van der Waals surface area (Å²) in [4.78, 5) is 14.4. The lowest BCUT2D eigenvalue weighted by atomic mass is 10.1. The summed E-state index contributed by atoms with van der Waals surface area (Å²) in [6.45, 7) is 1.77. The lowest BCUT2D eigenvalue weighted by Crippen LogP contribution is -2.00. The standard InChI is InChI=1S/C8H8O4/c1-5-2-3-6(8(9)10)7(4-5)12-11/h2-4,11H,1H3,(H,9,10). The lowest BCUT2D eigenvalue weighted by molar-refractivity contribution is -0.138. The molecule has 0 saturated carbocycles. The first-order chi connectivity index (χ1) is 5.65. The molecule has 1 rings (SSSR count). The van der Waals surface area contributed by atoms with Crippen molar-refractivity contribution in [2.75, 3.05) is 0 Å². The van der Waals surface area contributed by atoms with E-state index in [1.54, 1.807) is 13.0 Å². The number of aryl methyl sites for hydroxylation is 1. The molecule has 0 heterocycles. The van der Waals surface area contributed by atoms with E-state index in [0.29, 0.717) is 0 Å². The van der Waals surface area contributed by atoms with Gasteiger partial charge in [-0.2, -0.15) is 0 Å². The number of carboxylic acid groups (broad SMARTS) is 1. The minimum absolute atomic E-state index is 0.0394. The topological polar surface area (TPSA) is 66.8 Å². The smallest absolute Gasteiger partial charge is 0.339 e. The molecule has 2 N–H and O–H groups in total. The Balaban J connectivity index is 3.20. The van der Waals surface area contributed by atoms with Crippen molar-refractivity contribution in [3.05, 3.63) is 29.3 Å². The third kappa shape index (κ3) is 1.54. The Bertz CT molecular complexity index is 306. The molecule has 4 heteroatoms. The molecule has 0 bridgehead atoms. The predicted molar refractivity (Wildman–Crippen MR) is 41.4 cm³/mol. The van der Waals surface area contributed by atoms with E-state index in [-0.39, 0.29) is 11.3 Å². The van der Waals surface area contributed by atoms with Gasteiger partial charge in [0.25, 0.3) is 0 Å². The van der Waals surface area contributed by atoms with Crippen molar-refractivity contribution in [2.24, 2.45) is 0 Å². The second kappa shape index (κ2) is 3.23. The highest BCUT2D eigenvalue weighted by molar-refractivity contribution is 5.90. The van der Waals surface area contributed by atoms with E-state index in [2.05, 4.69) is 4.89 Å². The number of carboxylic acids is 1. The molecule has 0 fully saturated rings. The van der Waals surface area contributed by atoms with Gasteiger partial charge >= 0.3 is 5.97 Å². The van der Waals surface area contributed by atoms with E-state index in [0.717, 1.165) is 5.56 Å². The van der Waals surface area contributed by atoms with Crippen molar-refractivity contribution in [1.82, 2.24) is 0 Å². The average Bonchev–Trinajstić information content (AvgIpc) is 2.03.